The summed E-state index contributed by atoms with van der Waals surface area (Å²) in [6.07, 6.45) is -0.0996. The quantitative estimate of drug-likeness (QED) is 0.476. The molecule has 1 aliphatic heterocycles. The number of amides is 1. The van der Waals surface area contributed by atoms with E-state index in [1.807, 2.05) is 0 Å². The van der Waals surface area contributed by atoms with E-state index in [0.29, 0.717) is 27.5 Å². The molecule has 8 nitrogen and oxygen atoms in total. The van der Waals surface area contributed by atoms with Gasteiger partial charge < -0.3 is 9.67 Å². The third-order valence-electron chi connectivity index (χ3n) is 5.77. The van der Waals surface area contributed by atoms with Gasteiger partial charge in [0.1, 0.15) is 6.04 Å². The predicted molar refractivity (Wildman–Crippen MR) is 115 cm³/mol. The van der Waals surface area contributed by atoms with Crippen molar-refractivity contribution < 1.29 is 23.5 Å². The first-order chi connectivity index (χ1) is 15.7. The van der Waals surface area contributed by atoms with Crippen LogP contribution in [0.25, 0.3) is 5.65 Å². The number of fused-ring (bicyclic) bond motifs is 2. The van der Waals surface area contributed by atoms with Gasteiger partial charge in [-0.1, -0.05) is 23.7 Å². The van der Waals surface area contributed by atoms with Crippen LogP contribution in [0, 0.1) is 6.92 Å². The van der Waals surface area contributed by atoms with Crippen LogP contribution < -0.4 is 4.90 Å². The highest BCUT2D eigenvalue weighted by Crippen LogP contribution is 2.44. The molecule has 11 heteroatoms. The second-order valence-electron chi connectivity index (χ2n) is 7.78. The Morgan fingerprint density at radius 3 is 2.52 bits per heavy atom. The molecule has 1 amide bonds. The molecule has 1 N–H and O–H groups in total. The Hall–Kier alpha value is -3.79. The van der Waals surface area contributed by atoms with Gasteiger partial charge in [0, 0.05) is 24.5 Å². The molecule has 0 radical (unpaired) electrons. The van der Waals surface area contributed by atoms with Gasteiger partial charge in [0.25, 0.3) is 12.3 Å². The summed E-state index contributed by atoms with van der Waals surface area (Å²) in [6.45, 7) is 1.68. The Kier molecular flexibility index (Phi) is 4.71. The van der Waals surface area contributed by atoms with E-state index in [0.717, 1.165) is 4.40 Å². The lowest BCUT2D eigenvalue weighted by atomic mass is 10.0. The SMILES string of the molecule is Cc1cc(N2C(=O)c3c(C(=O)O)cn(C)c3C2c2ccc(Cl)cc2)cn2c(C(F)F)nnc12. The van der Waals surface area contributed by atoms with Crippen LogP contribution in [0.5, 0.6) is 0 Å². The first kappa shape index (κ1) is 21.1. The molecule has 168 valence electrons. The van der Waals surface area contributed by atoms with E-state index in [9.17, 15) is 23.5 Å². The number of alkyl halides is 2. The van der Waals surface area contributed by atoms with Crippen molar-refractivity contribution in [1.29, 1.82) is 0 Å². The van der Waals surface area contributed by atoms with Crippen molar-refractivity contribution in [1.82, 2.24) is 19.2 Å². The van der Waals surface area contributed by atoms with Gasteiger partial charge in [-0.2, -0.15) is 0 Å². The van der Waals surface area contributed by atoms with E-state index >= 15 is 0 Å². The average molecular weight is 472 g/mol. The maximum absolute atomic E-state index is 13.6. The third kappa shape index (κ3) is 3.09. The van der Waals surface area contributed by atoms with E-state index in [1.165, 1.54) is 17.3 Å². The number of rotatable bonds is 4. The summed E-state index contributed by atoms with van der Waals surface area (Å²) in [4.78, 5) is 26.9. The Bertz CT molecular complexity index is 1440. The monoisotopic (exact) mass is 471 g/mol. The fraction of sp³-hybridized carbons (Fsp3) is 0.182. The molecule has 0 fully saturated rings. The first-order valence-corrected chi connectivity index (χ1v) is 10.2. The summed E-state index contributed by atoms with van der Waals surface area (Å²) >= 11 is 6.05. The maximum atomic E-state index is 13.6. The number of carboxylic acid groups (broad SMARTS) is 1. The summed E-state index contributed by atoms with van der Waals surface area (Å²) in [6, 6.07) is 7.76. The molecule has 4 aromatic rings. The molecule has 0 aliphatic carbocycles. The molecule has 5 rings (SSSR count). The number of nitrogens with zero attached hydrogens (tertiary/aromatic N) is 5. The minimum Gasteiger partial charge on any atom is -0.478 e. The minimum absolute atomic E-state index is 0.0561. The number of hydrogen-bond acceptors (Lipinski definition) is 4. The van der Waals surface area contributed by atoms with Crippen LogP contribution in [0.1, 0.15) is 55.8 Å². The number of carbonyl (C=O) groups excluding carboxylic acids is 1. The van der Waals surface area contributed by atoms with Crippen molar-refractivity contribution in [3.63, 3.8) is 0 Å². The number of hydrogen-bond donors (Lipinski definition) is 1. The second-order valence-corrected chi connectivity index (χ2v) is 8.22. The van der Waals surface area contributed by atoms with Crippen LogP contribution in [0.3, 0.4) is 0 Å². The van der Waals surface area contributed by atoms with Crippen LogP contribution in [0.2, 0.25) is 5.02 Å². The Balaban J connectivity index is 1.77. The van der Waals surface area contributed by atoms with E-state index < -0.39 is 30.2 Å². The number of carbonyl (C=O) groups is 2. The van der Waals surface area contributed by atoms with Gasteiger partial charge in [-0.15, -0.1) is 10.2 Å². The normalized spacial score (nSPS) is 15.6. The van der Waals surface area contributed by atoms with Crippen LogP contribution in [-0.4, -0.2) is 36.1 Å². The van der Waals surface area contributed by atoms with Crippen molar-refractivity contribution in [2.45, 2.75) is 19.4 Å². The average Bonchev–Trinajstić information content (AvgIpc) is 3.42. The highest BCUT2D eigenvalue weighted by atomic mass is 35.5. The molecular weight excluding hydrogens is 456 g/mol. The van der Waals surface area contributed by atoms with Crippen LogP contribution in [0.4, 0.5) is 14.5 Å². The summed E-state index contributed by atoms with van der Waals surface area (Å²) < 4.78 is 29.8. The van der Waals surface area contributed by atoms with Gasteiger partial charge in [0.15, 0.2) is 5.65 Å². The lowest BCUT2D eigenvalue weighted by molar-refractivity contribution is 0.0692. The molecule has 0 spiro atoms. The van der Waals surface area contributed by atoms with Crippen molar-refractivity contribution in [3.8, 4) is 0 Å². The Labute approximate surface area is 190 Å². The van der Waals surface area contributed by atoms with Gasteiger partial charge in [0.2, 0.25) is 5.82 Å². The lowest BCUT2D eigenvalue weighted by Crippen LogP contribution is -2.30. The van der Waals surface area contributed by atoms with Crippen molar-refractivity contribution in [2.75, 3.05) is 4.90 Å². The first-order valence-electron chi connectivity index (χ1n) is 9.84. The van der Waals surface area contributed by atoms with Crippen molar-refractivity contribution in [3.05, 3.63) is 81.5 Å². The highest BCUT2D eigenvalue weighted by Gasteiger charge is 2.44. The van der Waals surface area contributed by atoms with Gasteiger partial charge in [-0.25, -0.2) is 13.6 Å². The van der Waals surface area contributed by atoms with Crippen molar-refractivity contribution in [2.24, 2.45) is 7.05 Å². The van der Waals surface area contributed by atoms with E-state index in [1.54, 1.807) is 48.9 Å². The number of aromatic nitrogens is 4. The smallest absolute Gasteiger partial charge is 0.338 e. The van der Waals surface area contributed by atoms with E-state index in [4.69, 9.17) is 11.6 Å². The summed E-state index contributed by atoms with van der Waals surface area (Å²) in [5.41, 5.74) is 2.17. The molecular formula is C22H16ClF2N5O3. The van der Waals surface area contributed by atoms with Gasteiger partial charge in [0.05, 0.1) is 22.5 Å². The molecule has 1 aromatic carbocycles. The number of pyridine rings is 1. The molecule has 1 aliphatic rings. The summed E-state index contributed by atoms with van der Waals surface area (Å²) in [5.74, 6) is -2.33. The zero-order valence-corrected chi connectivity index (χ0v) is 18.1. The predicted octanol–water partition coefficient (Wildman–Crippen LogP) is 4.42. The Morgan fingerprint density at radius 2 is 1.88 bits per heavy atom. The molecule has 33 heavy (non-hydrogen) atoms. The number of benzene rings is 1. The van der Waals surface area contributed by atoms with E-state index in [2.05, 4.69) is 10.2 Å². The second kappa shape index (κ2) is 7.38. The molecule has 0 saturated heterocycles. The van der Waals surface area contributed by atoms with Crippen LogP contribution >= 0.6 is 11.6 Å². The van der Waals surface area contributed by atoms with E-state index in [-0.39, 0.29) is 16.8 Å². The number of aryl methyl sites for hydroxylation is 2. The number of anilines is 1. The third-order valence-corrected chi connectivity index (χ3v) is 6.02. The molecule has 1 unspecified atom stereocenters. The van der Waals surface area contributed by atoms with Crippen molar-refractivity contribution >= 4 is 34.8 Å². The van der Waals surface area contributed by atoms with Crippen LogP contribution in [0.15, 0.2) is 42.7 Å². The molecule has 1 atom stereocenters. The fourth-order valence-electron chi connectivity index (χ4n) is 4.37. The van der Waals surface area contributed by atoms with Gasteiger partial charge in [-0.05, 0) is 36.2 Å². The largest absolute Gasteiger partial charge is 0.478 e. The molecule has 0 saturated carbocycles. The van der Waals surface area contributed by atoms with Gasteiger partial charge >= 0.3 is 5.97 Å². The summed E-state index contributed by atoms with van der Waals surface area (Å²) in [7, 11) is 1.66. The molecule has 3 aromatic heterocycles. The zero-order chi connectivity index (χ0) is 23.6. The maximum Gasteiger partial charge on any atom is 0.338 e. The topological polar surface area (TPSA) is 92.7 Å². The summed E-state index contributed by atoms with van der Waals surface area (Å²) in [5, 5.41) is 17.6. The zero-order valence-electron chi connectivity index (χ0n) is 17.3. The number of carboxylic acids is 1. The lowest BCUT2D eigenvalue weighted by Gasteiger charge is -2.27. The van der Waals surface area contributed by atoms with Crippen LogP contribution in [-0.2, 0) is 7.05 Å². The standard InChI is InChI=1S/C22H16ClF2N5O3/c1-10-7-13(8-29-19(10)26-27-20(29)18(24)25)30-16(11-3-5-12(23)6-4-11)17-15(21(30)31)14(22(32)33)9-28(17)2/h3-9,16,18H,1-2H3,(H,32,33). The Morgan fingerprint density at radius 1 is 1.18 bits per heavy atom. The fourth-order valence-corrected chi connectivity index (χ4v) is 4.50. The molecule has 4 heterocycles. The highest BCUT2D eigenvalue weighted by molar-refractivity contribution is 6.30. The minimum atomic E-state index is -2.87. The van der Waals surface area contributed by atoms with Gasteiger partial charge in [-0.3, -0.25) is 14.1 Å². The number of halogens is 3. The molecule has 0 bridgehead atoms. The number of aromatic carboxylic acids is 1.